The molecule has 0 saturated carbocycles. The van der Waals surface area contributed by atoms with Crippen LogP contribution in [0.3, 0.4) is 0 Å². The van der Waals surface area contributed by atoms with Gasteiger partial charge in [-0.15, -0.1) is 0 Å². The van der Waals surface area contributed by atoms with E-state index < -0.39 is 10.9 Å². The van der Waals surface area contributed by atoms with Gasteiger partial charge < -0.3 is 9.15 Å². The highest BCUT2D eigenvalue weighted by Crippen LogP contribution is 2.33. The standard InChI is InChI=1S/C12H12N2O5S/c1-3-7-10(12(15)18-4-2)19-11(13-7)8-5-6-9(20-8)14(16)17/h5-6H,3-4H2,1-2H3. The van der Waals surface area contributed by atoms with E-state index in [0.29, 0.717) is 17.0 Å². The second-order valence-electron chi connectivity index (χ2n) is 3.76. The van der Waals surface area contributed by atoms with E-state index in [4.69, 9.17) is 9.15 Å². The summed E-state index contributed by atoms with van der Waals surface area (Å²) in [7, 11) is 0. The van der Waals surface area contributed by atoms with Gasteiger partial charge in [-0.25, -0.2) is 9.78 Å². The molecule has 2 rings (SSSR count). The minimum Gasteiger partial charge on any atom is -0.460 e. The molecule has 20 heavy (non-hydrogen) atoms. The Morgan fingerprint density at radius 1 is 1.50 bits per heavy atom. The summed E-state index contributed by atoms with van der Waals surface area (Å²) < 4.78 is 10.3. The fourth-order valence-corrected chi connectivity index (χ4v) is 2.34. The number of carbonyl (C=O) groups excluding carboxylic acids is 1. The zero-order chi connectivity index (χ0) is 14.7. The van der Waals surface area contributed by atoms with Crippen molar-refractivity contribution in [3.63, 3.8) is 0 Å². The van der Waals surface area contributed by atoms with E-state index in [1.54, 1.807) is 13.0 Å². The number of rotatable bonds is 5. The SMILES string of the molecule is CCOC(=O)c1oc(-c2ccc([N+](=O)[O-])s2)nc1CC. The molecule has 0 spiro atoms. The Labute approximate surface area is 118 Å². The highest BCUT2D eigenvalue weighted by Gasteiger charge is 2.22. The van der Waals surface area contributed by atoms with Crippen LogP contribution in [-0.2, 0) is 11.2 Å². The summed E-state index contributed by atoms with van der Waals surface area (Å²) in [5, 5.41) is 10.7. The first-order valence-electron chi connectivity index (χ1n) is 5.98. The van der Waals surface area contributed by atoms with Crippen molar-refractivity contribution in [1.82, 2.24) is 4.98 Å². The molecule has 0 aliphatic carbocycles. The van der Waals surface area contributed by atoms with Crippen molar-refractivity contribution in [1.29, 1.82) is 0 Å². The van der Waals surface area contributed by atoms with Crippen molar-refractivity contribution in [2.75, 3.05) is 6.61 Å². The van der Waals surface area contributed by atoms with Gasteiger partial charge in [0.1, 0.15) is 0 Å². The average Bonchev–Trinajstić information content (AvgIpc) is 3.05. The molecular weight excluding hydrogens is 284 g/mol. The van der Waals surface area contributed by atoms with Crippen molar-refractivity contribution in [2.45, 2.75) is 20.3 Å². The van der Waals surface area contributed by atoms with Crippen LogP contribution in [0.1, 0.15) is 30.1 Å². The Morgan fingerprint density at radius 3 is 2.80 bits per heavy atom. The number of hydrogen-bond donors (Lipinski definition) is 0. The highest BCUT2D eigenvalue weighted by molar-refractivity contribution is 7.18. The topological polar surface area (TPSA) is 95.5 Å². The Hall–Kier alpha value is -2.22. The zero-order valence-corrected chi connectivity index (χ0v) is 11.7. The number of aromatic nitrogens is 1. The van der Waals surface area contributed by atoms with Gasteiger partial charge in [0.05, 0.1) is 22.1 Å². The average molecular weight is 296 g/mol. The van der Waals surface area contributed by atoms with Crippen LogP contribution >= 0.6 is 11.3 Å². The summed E-state index contributed by atoms with van der Waals surface area (Å²) in [6.07, 6.45) is 0.505. The van der Waals surface area contributed by atoms with E-state index in [1.807, 2.05) is 6.92 Å². The molecule has 0 N–H and O–H groups in total. The van der Waals surface area contributed by atoms with E-state index in [9.17, 15) is 14.9 Å². The van der Waals surface area contributed by atoms with Crippen molar-refractivity contribution >= 4 is 22.3 Å². The lowest BCUT2D eigenvalue weighted by Crippen LogP contribution is -2.05. The molecule has 2 aromatic heterocycles. The molecule has 0 aliphatic rings. The molecule has 0 saturated heterocycles. The maximum absolute atomic E-state index is 11.7. The first-order chi connectivity index (χ1) is 9.56. The van der Waals surface area contributed by atoms with Crippen LogP contribution in [0.15, 0.2) is 16.5 Å². The summed E-state index contributed by atoms with van der Waals surface area (Å²) in [5.74, 6) is -0.322. The monoisotopic (exact) mass is 296 g/mol. The van der Waals surface area contributed by atoms with Crippen LogP contribution in [0.2, 0.25) is 0 Å². The fourth-order valence-electron chi connectivity index (χ4n) is 1.59. The van der Waals surface area contributed by atoms with E-state index in [-0.39, 0.29) is 23.3 Å². The summed E-state index contributed by atoms with van der Waals surface area (Å²) in [6.45, 7) is 3.77. The van der Waals surface area contributed by atoms with Gasteiger partial charge in [0, 0.05) is 6.07 Å². The molecule has 0 unspecified atom stereocenters. The van der Waals surface area contributed by atoms with Gasteiger partial charge in [-0.3, -0.25) is 10.1 Å². The maximum Gasteiger partial charge on any atom is 0.376 e. The summed E-state index contributed by atoms with van der Waals surface area (Å²) >= 11 is 0.944. The summed E-state index contributed by atoms with van der Waals surface area (Å²) in [6, 6.07) is 2.92. The van der Waals surface area contributed by atoms with E-state index in [2.05, 4.69) is 4.98 Å². The predicted octanol–water partition coefficient (Wildman–Crippen LogP) is 3.05. The second kappa shape index (κ2) is 5.83. The predicted molar refractivity (Wildman–Crippen MR) is 71.8 cm³/mol. The number of esters is 1. The minimum absolute atomic E-state index is 0.00562. The number of carbonyl (C=O) groups is 1. The third-order valence-corrected chi connectivity index (χ3v) is 3.50. The number of oxazole rings is 1. The van der Waals surface area contributed by atoms with E-state index in [1.165, 1.54) is 6.07 Å². The molecule has 0 atom stereocenters. The quantitative estimate of drug-likeness (QED) is 0.478. The largest absolute Gasteiger partial charge is 0.460 e. The van der Waals surface area contributed by atoms with Crippen LogP contribution in [-0.4, -0.2) is 22.5 Å². The van der Waals surface area contributed by atoms with E-state index in [0.717, 1.165) is 11.3 Å². The first-order valence-corrected chi connectivity index (χ1v) is 6.79. The smallest absolute Gasteiger partial charge is 0.376 e. The van der Waals surface area contributed by atoms with Crippen molar-refractivity contribution in [2.24, 2.45) is 0 Å². The zero-order valence-electron chi connectivity index (χ0n) is 10.9. The second-order valence-corrected chi connectivity index (χ2v) is 4.83. The molecular formula is C12H12N2O5S. The van der Waals surface area contributed by atoms with Crippen LogP contribution < -0.4 is 0 Å². The molecule has 0 aromatic carbocycles. The van der Waals surface area contributed by atoms with Crippen molar-refractivity contribution in [3.05, 3.63) is 33.7 Å². The molecule has 0 fully saturated rings. The van der Waals surface area contributed by atoms with Gasteiger partial charge in [-0.05, 0) is 19.4 Å². The number of thiophene rings is 1. The Morgan fingerprint density at radius 2 is 2.25 bits per heavy atom. The number of nitrogens with zero attached hydrogens (tertiary/aromatic N) is 2. The van der Waals surface area contributed by atoms with Gasteiger partial charge in [0.2, 0.25) is 11.7 Å². The van der Waals surface area contributed by atoms with Gasteiger partial charge in [0.15, 0.2) is 0 Å². The Balaban J connectivity index is 2.37. The molecule has 0 aliphatic heterocycles. The molecule has 0 amide bonds. The minimum atomic E-state index is -0.575. The van der Waals surface area contributed by atoms with Crippen LogP contribution in [0.4, 0.5) is 5.00 Å². The van der Waals surface area contributed by atoms with Gasteiger partial charge >= 0.3 is 11.0 Å². The normalized spacial score (nSPS) is 10.5. The molecule has 2 aromatic rings. The lowest BCUT2D eigenvalue weighted by Gasteiger charge is -1.98. The summed E-state index contributed by atoms with van der Waals surface area (Å²) in [5.41, 5.74) is 0.481. The molecule has 2 heterocycles. The molecule has 0 bridgehead atoms. The number of nitro groups is 1. The van der Waals surface area contributed by atoms with Crippen LogP contribution in [0, 0.1) is 10.1 Å². The number of aryl methyl sites for hydroxylation is 1. The number of hydrogen-bond acceptors (Lipinski definition) is 7. The lowest BCUT2D eigenvalue weighted by molar-refractivity contribution is -0.380. The molecule has 8 heteroatoms. The molecule has 0 radical (unpaired) electrons. The van der Waals surface area contributed by atoms with E-state index >= 15 is 0 Å². The lowest BCUT2D eigenvalue weighted by atomic mass is 10.3. The number of ether oxygens (including phenoxy) is 1. The van der Waals surface area contributed by atoms with Crippen LogP contribution in [0.5, 0.6) is 0 Å². The third-order valence-electron chi connectivity index (χ3n) is 2.48. The highest BCUT2D eigenvalue weighted by atomic mass is 32.1. The first kappa shape index (κ1) is 14.2. The van der Waals surface area contributed by atoms with Crippen molar-refractivity contribution in [3.8, 4) is 10.8 Å². The molecule has 7 nitrogen and oxygen atoms in total. The Bertz CT molecular complexity index is 646. The third kappa shape index (κ3) is 2.69. The Kier molecular flexibility index (Phi) is 4.14. The van der Waals surface area contributed by atoms with Gasteiger partial charge in [-0.2, -0.15) is 0 Å². The van der Waals surface area contributed by atoms with Crippen LogP contribution in [0.25, 0.3) is 10.8 Å². The fraction of sp³-hybridized carbons (Fsp3) is 0.333. The van der Waals surface area contributed by atoms with Crippen molar-refractivity contribution < 1.29 is 18.9 Å². The van der Waals surface area contributed by atoms with Gasteiger partial charge in [0.25, 0.3) is 0 Å². The van der Waals surface area contributed by atoms with Gasteiger partial charge in [-0.1, -0.05) is 18.3 Å². The summed E-state index contributed by atoms with van der Waals surface area (Å²) in [4.78, 5) is 26.6. The maximum atomic E-state index is 11.7. The molecule has 106 valence electrons.